The second-order valence-electron chi connectivity index (χ2n) is 10.2. The topological polar surface area (TPSA) is 88.5 Å². The van der Waals surface area contributed by atoms with Gasteiger partial charge in [0.15, 0.2) is 0 Å². The third-order valence-corrected chi connectivity index (χ3v) is 5.84. The molecule has 0 fully saturated rings. The van der Waals surface area contributed by atoms with E-state index in [9.17, 15) is 22.8 Å². The zero-order valence-corrected chi connectivity index (χ0v) is 21.5. The number of benzene rings is 2. The molecule has 0 aliphatic carbocycles. The molecule has 1 aromatic heterocycles. The quantitative estimate of drug-likeness (QED) is 0.298. The summed E-state index contributed by atoms with van der Waals surface area (Å²) in [6.45, 7) is 6.44. The van der Waals surface area contributed by atoms with Crippen LogP contribution >= 0.6 is 0 Å². The Morgan fingerprint density at radius 1 is 0.974 bits per heavy atom. The first kappa shape index (κ1) is 28.7. The first-order chi connectivity index (χ1) is 17.8. The van der Waals surface area contributed by atoms with Crippen molar-refractivity contribution in [2.75, 3.05) is 6.54 Å². The highest BCUT2D eigenvalue weighted by Crippen LogP contribution is 2.33. The van der Waals surface area contributed by atoms with E-state index in [-0.39, 0.29) is 30.4 Å². The van der Waals surface area contributed by atoms with Gasteiger partial charge in [0.05, 0.1) is 17.7 Å². The van der Waals surface area contributed by atoms with Gasteiger partial charge in [-0.05, 0) is 60.7 Å². The zero-order chi connectivity index (χ0) is 27.9. The maximum absolute atomic E-state index is 12.9. The van der Waals surface area contributed by atoms with E-state index in [2.05, 4.69) is 31.1 Å². The number of carbonyl (C=O) groups is 2. The van der Waals surface area contributed by atoms with E-state index < -0.39 is 17.7 Å². The number of aromatic nitrogens is 1. The van der Waals surface area contributed by atoms with Gasteiger partial charge in [-0.3, -0.25) is 14.6 Å². The van der Waals surface area contributed by atoms with Crippen LogP contribution < -0.4 is 10.1 Å². The van der Waals surface area contributed by atoms with Crippen LogP contribution in [0.15, 0.2) is 66.9 Å². The van der Waals surface area contributed by atoms with Crippen LogP contribution in [-0.2, 0) is 11.0 Å². The summed E-state index contributed by atoms with van der Waals surface area (Å²) in [4.78, 5) is 27.3. The minimum atomic E-state index is -4.39. The number of amides is 1. The molecule has 1 amide bonds. The summed E-state index contributed by atoms with van der Waals surface area (Å²) >= 11 is 0. The van der Waals surface area contributed by atoms with E-state index in [4.69, 9.17) is 9.84 Å². The molecule has 0 aliphatic rings. The number of nitrogens with one attached hydrogen (secondary N) is 1. The number of ether oxygens (including phenoxy) is 1. The summed E-state index contributed by atoms with van der Waals surface area (Å²) in [5.74, 6) is -0.805. The number of pyridine rings is 1. The standard InChI is InChI=1S/C29H31F3N2O4/c1-28(2,3)16-14-25(38-23-11-6-20(7-12-23)27(37)33-17-15-26(35)36)21-8-13-24(34-18-21)19-4-9-22(10-5-19)29(30,31)32/h4-13,18,25H,14-17H2,1-3H3,(H,33,37)(H,35,36)/t25-/m1/s1. The van der Waals surface area contributed by atoms with Crippen molar-refractivity contribution in [3.63, 3.8) is 0 Å². The van der Waals surface area contributed by atoms with Gasteiger partial charge in [-0.15, -0.1) is 0 Å². The summed E-state index contributed by atoms with van der Waals surface area (Å²) in [7, 11) is 0. The molecule has 38 heavy (non-hydrogen) atoms. The summed E-state index contributed by atoms with van der Waals surface area (Å²) in [5, 5.41) is 11.3. The minimum absolute atomic E-state index is 0.0385. The van der Waals surface area contributed by atoms with Crippen LogP contribution in [-0.4, -0.2) is 28.5 Å². The Morgan fingerprint density at radius 3 is 2.16 bits per heavy atom. The molecule has 0 radical (unpaired) electrons. The molecule has 0 unspecified atom stereocenters. The number of carboxylic acid groups (broad SMARTS) is 1. The van der Waals surface area contributed by atoms with E-state index in [1.54, 1.807) is 36.5 Å². The van der Waals surface area contributed by atoms with E-state index in [1.807, 2.05) is 6.07 Å². The van der Waals surface area contributed by atoms with Gasteiger partial charge in [0, 0.05) is 29.4 Å². The Balaban J connectivity index is 1.74. The molecule has 0 saturated heterocycles. The van der Waals surface area contributed by atoms with E-state index in [0.717, 1.165) is 24.1 Å². The average molecular weight is 529 g/mol. The molecule has 1 heterocycles. The van der Waals surface area contributed by atoms with Crippen LogP contribution in [0.5, 0.6) is 5.75 Å². The van der Waals surface area contributed by atoms with Gasteiger partial charge in [-0.1, -0.05) is 39.0 Å². The van der Waals surface area contributed by atoms with Crippen LogP contribution in [0, 0.1) is 5.41 Å². The van der Waals surface area contributed by atoms with Crippen LogP contribution in [0.4, 0.5) is 13.2 Å². The fourth-order valence-electron chi connectivity index (χ4n) is 3.69. The molecule has 2 aromatic carbocycles. The van der Waals surface area contributed by atoms with E-state index in [1.165, 1.54) is 12.1 Å². The summed E-state index contributed by atoms with van der Waals surface area (Å²) < 4.78 is 44.9. The highest BCUT2D eigenvalue weighted by atomic mass is 19.4. The molecule has 3 aromatic rings. The van der Waals surface area contributed by atoms with Crippen molar-refractivity contribution in [2.24, 2.45) is 5.41 Å². The van der Waals surface area contributed by atoms with Gasteiger partial charge in [0.1, 0.15) is 11.9 Å². The monoisotopic (exact) mass is 528 g/mol. The van der Waals surface area contributed by atoms with Gasteiger partial charge in [0.25, 0.3) is 5.91 Å². The maximum Gasteiger partial charge on any atom is 0.416 e. The van der Waals surface area contributed by atoms with Crippen molar-refractivity contribution in [1.82, 2.24) is 10.3 Å². The first-order valence-electron chi connectivity index (χ1n) is 12.2. The number of hydrogen-bond acceptors (Lipinski definition) is 4. The number of hydrogen-bond donors (Lipinski definition) is 2. The highest BCUT2D eigenvalue weighted by Gasteiger charge is 2.30. The third kappa shape index (κ3) is 8.61. The Bertz CT molecular complexity index is 1220. The van der Waals surface area contributed by atoms with Crippen molar-refractivity contribution in [3.8, 4) is 17.0 Å². The van der Waals surface area contributed by atoms with Crippen molar-refractivity contribution in [3.05, 3.63) is 83.6 Å². The molecular weight excluding hydrogens is 497 g/mol. The Labute approximate surface area is 219 Å². The number of alkyl halides is 3. The predicted molar refractivity (Wildman–Crippen MR) is 138 cm³/mol. The van der Waals surface area contributed by atoms with Crippen LogP contribution in [0.2, 0.25) is 0 Å². The molecule has 0 bridgehead atoms. The molecule has 3 rings (SSSR count). The lowest BCUT2D eigenvalue weighted by Crippen LogP contribution is -2.25. The highest BCUT2D eigenvalue weighted by molar-refractivity contribution is 5.94. The van der Waals surface area contributed by atoms with Crippen molar-refractivity contribution in [2.45, 2.75) is 52.3 Å². The Kier molecular flexibility index (Phi) is 9.14. The van der Waals surface area contributed by atoms with Crippen LogP contribution in [0.1, 0.15) is 67.6 Å². The van der Waals surface area contributed by atoms with Gasteiger partial charge in [-0.25, -0.2) is 0 Å². The normalized spacial score (nSPS) is 12.6. The number of halogens is 3. The smallest absolute Gasteiger partial charge is 0.416 e. The Morgan fingerprint density at radius 2 is 1.63 bits per heavy atom. The Hall–Kier alpha value is -3.88. The molecule has 6 nitrogen and oxygen atoms in total. The largest absolute Gasteiger partial charge is 0.486 e. The van der Waals surface area contributed by atoms with E-state index in [0.29, 0.717) is 29.0 Å². The van der Waals surface area contributed by atoms with Gasteiger partial charge in [-0.2, -0.15) is 13.2 Å². The van der Waals surface area contributed by atoms with Crippen molar-refractivity contribution >= 4 is 11.9 Å². The molecular formula is C29H31F3N2O4. The number of rotatable bonds is 10. The second-order valence-corrected chi connectivity index (χ2v) is 10.2. The molecule has 0 spiro atoms. The molecule has 202 valence electrons. The lowest BCUT2D eigenvalue weighted by atomic mass is 9.88. The predicted octanol–water partition coefficient (Wildman–Crippen LogP) is 6.92. The molecule has 1 atom stereocenters. The average Bonchev–Trinajstić information content (AvgIpc) is 2.86. The number of aliphatic carboxylic acids is 1. The van der Waals surface area contributed by atoms with Gasteiger partial charge >= 0.3 is 12.1 Å². The fourth-order valence-corrected chi connectivity index (χ4v) is 3.69. The van der Waals surface area contributed by atoms with Crippen molar-refractivity contribution < 1.29 is 32.6 Å². The maximum atomic E-state index is 12.9. The molecule has 0 aliphatic heterocycles. The van der Waals surface area contributed by atoms with Gasteiger partial charge in [0.2, 0.25) is 0 Å². The number of nitrogens with zero attached hydrogens (tertiary/aromatic N) is 1. The third-order valence-electron chi connectivity index (χ3n) is 5.84. The molecule has 0 saturated carbocycles. The molecule has 9 heteroatoms. The van der Waals surface area contributed by atoms with E-state index >= 15 is 0 Å². The first-order valence-corrected chi connectivity index (χ1v) is 12.2. The van der Waals surface area contributed by atoms with Crippen LogP contribution in [0.3, 0.4) is 0 Å². The van der Waals surface area contributed by atoms with Gasteiger partial charge < -0.3 is 15.2 Å². The fraction of sp³-hybridized carbons (Fsp3) is 0.345. The summed E-state index contributed by atoms with van der Waals surface area (Å²) in [5.41, 5.74) is 1.69. The molecule has 2 N–H and O–H groups in total. The zero-order valence-electron chi connectivity index (χ0n) is 21.5. The minimum Gasteiger partial charge on any atom is -0.486 e. The SMILES string of the molecule is CC(C)(C)CC[C@@H](Oc1ccc(C(=O)NCCC(=O)O)cc1)c1ccc(-c2ccc(C(F)(F)F)cc2)nc1. The lowest BCUT2D eigenvalue weighted by Gasteiger charge is -2.24. The second kappa shape index (κ2) is 12.1. The summed E-state index contributed by atoms with van der Waals surface area (Å²) in [6, 6.07) is 15.1. The number of carboxylic acids is 1. The summed E-state index contributed by atoms with van der Waals surface area (Å²) in [6.07, 6.45) is -1.65. The number of carbonyl (C=O) groups excluding carboxylic acids is 1. The lowest BCUT2D eigenvalue weighted by molar-refractivity contribution is -0.138. The van der Waals surface area contributed by atoms with Crippen molar-refractivity contribution in [1.29, 1.82) is 0 Å². The van der Waals surface area contributed by atoms with Crippen LogP contribution in [0.25, 0.3) is 11.3 Å².